The second kappa shape index (κ2) is 6.55. The van der Waals surface area contributed by atoms with Gasteiger partial charge in [0.25, 0.3) is 5.69 Å². The highest BCUT2D eigenvalue weighted by molar-refractivity contribution is 9.10. The fraction of sp³-hybridized carbons (Fsp3) is 0. The van der Waals surface area contributed by atoms with Crippen molar-refractivity contribution in [1.82, 2.24) is 0 Å². The Bertz CT molecular complexity index is 692. The van der Waals surface area contributed by atoms with Crippen LogP contribution in [-0.4, -0.2) is 11.0 Å². The van der Waals surface area contributed by atoms with Crippen LogP contribution in [0.3, 0.4) is 0 Å². The summed E-state index contributed by atoms with van der Waals surface area (Å²) >= 11 is 9.17. The predicted molar refractivity (Wildman–Crippen MR) is 84.9 cm³/mol. The van der Waals surface area contributed by atoms with E-state index in [2.05, 4.69) is 26.6 Å². The van der Waals surface area contributed by atoms with Crippen molar-refractivity contribution in [3.63, 3.8) is 0 Å². The number of hydrogen-bond acceptors (Lipinski definition) is 3. The van der Waals surface area contributed by atoms with Crippen molar-refractivity contribution in [1.29, 1.82) is 0 Å². The van der Waals surface area contributed by atoms with E-state index in [1.165, 1.54) is 24.3 Å². The second-order valence-electron chi connectivity index (χ2n) is 4.01. The van der Waals surface area contributed by atoms with E-state index in [9.17, 15) is 14.9 Å². The monoisotopic (exact) mass is 369 g/mol. The molecule has 0 saturated heterocycles. The summed E-state index contributed by atoms with van der Waals surface area (Å²) in [5.74, 6) is 0. The largest absolute Gasteiger partial charge is 0.323 e. The number of carbonyl (C=O) groups is 1. The molecule has 0 unspecified atom stereocenters. The van der Waals surface area contributed by atoms with Gasteiger partial charge in [-0.25, -0.2) is 4.79 Å². The molecule has 0 aliphatic rings. The van der Waals surface area contributed by atoms with Crippen LogP contribution in [-0.2, 0) is 0 Å². The number of nitrogens with zero attached hydrogens (tertiary/aromatic N) is 1. The third-order valence-corrected chi connectivity index (χ3v) is 3.75. The summed E-state index contributed by atoms with van der Waals surface area (Å²) in [4.78, 5) is 21.8. The first kappa shape index (κ1) is 15.3. The number of amides is 2. The molecule has 0 heterocycles. The van der Waals surface area contributed by atoms with Crippen molar-refractivity contribution in [3.05, 3.63) is 62.1 Å². The fourth-order valence-electron chi connectivity index (χ4n) is 1.53. The van der Waals surface area contributed by atoms with Crippen LogP contribution in [0.15, 0.2) is 46.9 Å². The van der Waals surface area contributed by atoms with Gasteiger partial charge in [-0.1, -0.05) is 11.6 Å². The normalized spacial score (nSPS) is 10.0. The van der Waals surface area contributed by atoms with Gasteiger partial charge < -0.3 is 10.6 Å². The topological polar surface area (TPSA) is 84.3 Å². The number of nitro benzene ring substituents is 1. The van der Waals surface area contributed by atoms with Gasteiger partial charge in [0.05, 0.1) is 9.95 Å². The quantitative estimate of drug-likeness (QED) is 0.609. The average molecular weight is 371 g/mol. The summed E-state index contributed by atoms with van der Waals surface area (Å²) in [6.45, 7) is 0. The molecule has 2 aromatic rings. The SMILES string of the molecule is O=C(Nc1ccc([N+](=O)[O-])cc1)Nc1ccc(Br)c(Cl)c1. The molecule has 2 N–H and O–H groups in total. The third-order valence-electron chi connectivity index (χ3n) is 2.51. The Morgan fingerprint density at radius 3 is 2.24 bits per heavy atom. The number of benzene rings is 2. The summed E-state index contributed by atoms with van der Waals surface area (Å²) in [6.07, 6.45) is 0. The van der Waals surface area contributed by atoms with E-state index < -0.39 is 11.0 Å². The van der Waals surface area contributed by atoms with Crippen molar-refractivity contribution < 1.29 is 9.72 Å². The Labute approximate surface area is 133 Å². The van der Waals surface area contributed by atoms with Crippen LogP contribution in [0.25, 0.3) is 0 Å². The number of nitrogens with one attached hydrogen (secondary N) is 2. The summed E-state index contributed by atoms with van der Waals surface area (Å²) in [5.41, 5.74) is 0.935. The molecule has 0 saturated carbocycles. The molecule has 2 aromatic carbocycles. The molecule has 6 nitrogen and oxygen atoms in total. The van der Waals surface area contributed by atoms with E-state index in [-0.39, 0.29) is 5.69 Å². The number of urea groups is 1. The molecule has 21 heavy (non-hydrogen) atoms. The molecule has 0 fully saturated rings. The molecule has 108 valence electrons. The lowest BCUT2D eigenvalue weighted by atomic mass is 10.3. The Hall–Kier alpha value is -2.12. The zero-order valence-corrected chi connectivity index (χ0v) is 12.8. The molecular formula is C13H9BrClN3O3. The standard InChI is InChI=1S/C13H9BrClN3O3/c14-11-6-3-9(7-12(11)15)17-13(19)16-8-1-4-10(5-2-8)18(20)21/h1-7H,(H2,16,17,19). The van der Waals surface area contributed by atoms with Crippen LogP contribution < -0.4 is 10.6 Å². The Morgan fingerprint density at radius 2 is 1.67 bits per heavy atom. The van der Waals surface area contributed by atoms with E-state index in [0.717, 1.165) is 4.47 Å². The lowest BCUT2D eigenvalue weighted by molar-refractivity contribution is -0.384. The maximum Gasteiger partial charge on any atom is 0.323 e. The highest BCUT2D eigenvalue weighted by Gasteiger charge is 2.07. The van der Waals surface area contributed by atoms with E-state index in [1.807, 2.05) is 0 Å². The van der Waals surface area contributed by atoms with Gasteiger partial charge in [-0.2, -0.15) is 0 Å². The predicted octanol–water partition coefficient (Wildman–Crippen LogP) is 4.65. The van der Waals surface area contributed by atoms with Crippen LogP contribution in [0.1, 0.15) is 0 Å². The van der Waals surface area contributed by atoms with Gasteiger partial charge in [-0.05, 0) is 46.3 Å². The summed E-state index contributed by atoms with van der Waals surface area (Å²) in [5, 5.41) is 16.2. The van der Waals surface area contributed by atoms with Gasteiger partial charge in [0.2, 0.25) is 0 Å². The minimum atomic E-state index is -0.506. The van der Waals surface area contributed by atoms with Crippen molar-refractivity contribution >= 4 is 50.6 Å². The van der Waals surface area contributed by atoms with E-state index in [0.29, 0.717) is 16.4 Å². The number of nitro groups is 1. The third kappa shape index (κ3) is 4.17. The smallest absolute Gasteiger partial charge is 0.308 e. The van der Waals surface area contributed by atoms with Gasteiger partial charge in [0.1, 0.15) is 0 Å². The first-order valence-electron chi connectivity index (χ1n) is 5.73. The van der Waals surface area contributed by atoms with E-state index >= 15 is 0 Å². The fourth-order valence-corrected chi connectivity index (χ4v) is 1.96. The number of anilines is 2. The number of non-ortho nitro benzene ring substituents is 1. The lowest BCUT2D eigenvalue weighted by Gasteiger charge is -2.08. The number of carbonyl (C=O) groups excluding carboxylic acids is 1. The Morgan fingerprint density at radius 1 is 1.10 bits per heavy atom. The van der Waals surface area contributed by atoms with Crippen LogP contribution >= 0.6 is 27.5 Å². The van der Waals surface area contributed by atoms with Gasteiger partial charge in [0.15, 0.2) is 0 Å². The molecule has 0 aromatic heterocycles. The van der Waals surface area contributed by atoms with Crippen LogP contribution in [0.5, 0.6) is 0 Å². The molecule has 0 aliphatic carbocycles. The number of hydrogen-bond donors (Lipinski definition) is 2. The summed E-state index contributed by atoms with van der Waals surface area (Å²) < 4.78 is 0.727. The number of rotatable bonds is 3. The summed E-state index contributed by atoms with van der Waals surface area (Å²) in [7, 11) is 0. The maximum atomic E-state index is 11.8. The van der Waals surface area contributed by atoms with Gasteiger partial charge in [-0.15, -0.1) is 0 Å². The average Bonchev–Trinajstić information content (AvgIpc) is 2.43. The van der Waals surface area contributed by atoms with Gasteiger partial charge in [-0.3, -0.25) is 10.1 Å². The van der Waals surface area contributed by atoms with Crippen LogP contribution in [0, 0.1) is 10.1 Å². The zero-order valence-electron chi connectivity index (χ0n) is 10.5. The maximum absolute atomic E-state index is 11.8. The van der Waals surface area contributed by atoms with Crippen molar-refractivity contribution in [2.75, 3.05) is 10.6 Å². The molecule has 2 amide bonds. The molecule has 2 rings (SSSR count). The highest BCUT2D eigenvalue weighted by Crippen LogP contribution is 2.25. The molecule has 0 atom stereocenters. The first-order chi connectivity index (χ1) is 9.95. The molecule has 0 radical (unpaired) electrons. The lowest BCUT2D eigenvalue weighted by Crippen LogP contribution is -2.19. The van der Waals surface area contributed by atoms with Gasteiger partial charge >= 0.3 is 6.03 Å². The first-order valence-corrected chi connectivity index (χ1v) is 6.90. The number of halogens is 2. The Kier molecular flexibility index (Phi) is 4.77. The van der Waals surface area contributed by atoms with Crippen molar-refractivity contribution in [2.45, 2.75) is 0 Å². The minimum absolute atomic E-state index is 0.0411. The highest BCUT2D eigenvalue weighted by atomic mass is 79.9. The van der Waals surface area contributed by atoms with Crippen molar-refractivity contribution in [2.24, 2.45) is 0 Å². The summed E-state index contributed by atoms with van der Waals surface area (Å²) in [6, 6.07) is 10.1. The molecule has 0 aliphatic heterocycles. The molecule has 0 bridgehead atoms. The van der Waals surface area contributed by atoms with E-state index in [1.54, 1.807) is 18.2 Å². The zero-order chi connectivity index (χ0) is 15.4. The minimum Gasteiger partial charge on any atom is -0.308 e. The molecular weight excluding hydrogens is 362 g/mol. The van der Waals surface area contributed by atoms with Crippen molar-refractivity contribution in [3.8, 4) is 0 Å². The molecule has 0 spiro atoms. The van der Waals surface area contributed by atoms with Gasteiger partial charge in [0, 0.05) is 28.0 Å². The van der Waals surface area contributed by atoms with Crippen LogP contribution in [0.4, 0.5) is 21.9 Å². The van der Waals surface area contributed by atoms with E-state index in [4.69, 9.17) is 11.6 Å². The second-order valence-corrected chi connectivity index (χ2v) is 5.27. The van der Waals surface area contributed by atoms with Crippen LogP contribution in [0.2, 0.25) is 5.02 Å². The molecule has 8 heteroatoms. The Balaban J connectivity index is 2.01.